The molecule has 0 aliphatic rings. The minimum absolute atomic E-state index is 0.0395. The van der Waals surface area contributed by atoms with Gasteiger partial charge >= 0.3 is 6.03 Å². The number of nitrogens with zero attached hydrogens (tertiary/aromatic N) is 2. The van der Waals surface area contributed by atoms with Gasteiger partial charge in [-0.05, 0) is 29.8 Å². The Bertz CT molecular complexity index is 787. The maximum absolute atomic E-state index is 12.1. The van der Waals surface area contributed by atoms with Gasteiger partial charge in [-0.2, -0.15) is 0 Å². The van der Waals surface area contributed by atoms with Crippen LogP contribution >= 0.6 is 0 Å². The molecule has 0 spiro atoms. The molecule has 0 saturated carbocycles. The third kappa shape index (κ3) is 5.31. The van der Waals surface area contributed by atoms with E-state index < -0.39 is 4.92 Å². The van der Waals surface area contributed by atoms with E-state index in [2.05, 4.69) is 10.6 Å². The Kier molecular flexibility index (Phi) is 5.67. The maximum Gasteiger partial charge on any atom is 0.321 e. The van der Waals surface area contributed by atoms with Gasteiger partial charge in [0, 0.05) is 37.6 Å². The number of rotatable bonds is 5. The lowest BCUT2D eigenvalue weighted by atomic mass is 10.1. The van der Waals surface area contributed by atoms with Gasteiger partial charge in [0.2, 0.25) is 5.91 Å². The Morgan fingerprint density at radius 3 is 2.32 bits per heavy atom. The van der Waals surface area contributed by atoms with Crippen molar-refractivity contribution in [2.24, 2.45) is 0 Å². The maximum atomic E-state index is 12.1. The summed E-state index contributed by atoms with van der Waals surface area (Å²) < 4.78 is 0. The number of nitro groups is 1. The molecule has 8 heteroatoms. The number of hydrogen-bond acceptors (Lipinski definition) is 4. The summed E-state index contributed by atoms with van der Waals surface area (Å²) in [6, 6.07) is 12.3. The molecular weight excluding hydrogens is 324 g/mol. The van der Waals surface area contributed by atoms with Crippen molar-refractivity contribution in [2.45, 2.75) is 6.42 Å². The Balaban J connectivity index is 1.98. The van der Waals surface area contributed by atoms with E-state index in [1.165, 1.54) is 29.2 Å². The van der Waals surface area contributed by atoms with E-state index in [-0.39, 0.29) is 24.0 Å². The number of nitro benzene ring substituents is 1. The van der Waals surface area contributed by atoms with Crippen LogP contribution in [0.2, 0.25) is 0 Å². The first-order chi connectivity index (χ1) is 11.8. The van der Waals surface area contributed by atoms with Gasteiger partial charge in [0.25, 0.3) is 5.69 Å². The standard InChI is InChI=1S/C17H18N4O4/c1-20(2)17(23)19-14-5-3-4-12(10-14)11-16(22)18-13-6-8-15(9-7-13)21(24)25/h3-10H,11H2,1-2H3,(H,18,22)(H,19,23). The summed E-state index contributed by atoms with van der Waals surface area (Å²) in [5.41, 5.74) is 1.77. The van der Waals surface area contributed by atoms with Crippen LogP contribution < -0.4 is 10.6 Å². The molecule has 0 atom stereocenters. The monoisotopic (exact) mass is 342 g/mol. The Labute approximate surface area is 144 Å². The Morgan fingerprint density at radius 1 is 1.04 bits per heavy atom. The quantitative estimate of drug-likeness (QED) is 0.644. The van der Waals surface area contributed by atoms with Crippen LogP contribution in [0.3, 0.4) is 0 Å². The molecule has 0 aromatic heterocycles. The van der Waals surface area contributed by atoms with Gasteiger partial charge in [-0.1, -0.05) is 12.1 Å². The zero-order chi connectivity index (χ0) is 18.4. The molecule has 2 aromatic rings. The summed E-state index contributed by atoms with van der Waals surface area (Å²) >= 11 is 0. The van der Waals surface area contributed by atoms with Gasteiger partial charge in [-0.3, -0.25) is 14.9 Å². The van der Waals surface area contributed by atoms with Gasteiger partial charge in [0.1, 0.15) is 0 Å². The zero-order valence-electron chi connectivity index (χ0n) is 13.9. The van der Waals surface area contributed by atoms with Crippen molar-refractivity contribution in [1.82, 2.24) is 4.90 Å². The number of benzene rings is 2. The van der Waals surface area contributed by atoms with Crippen molar-refractivity contribution >= 4 is 29.0 Å². The molecule has 0 unspecified atom stereocenters. The van der Waals surface area contributed by atoms with Crippen molar-refractivity contribution in [3.8, 4) is 0 Å². The van der Waals surface area contributed by atoms with Crippen molar-refractivity contribution in [3.63, 3.8) is 0 Å². The molecule has 0 fully saturated rings. The van der Waals surface area contributed by atoms with Gasteiger partial charge in [0.05, 0.1) is 11.3 Å². The lowest BCUT2D eigenvalue weighted by Crippen LogP contribution is -2.27. The third-order valence-electron chi connectivity index (χ3n) is 3.31. The average molecular weight is 342 g/mol. The topological polar surface area (TPSA) is 105 Å². The molecule has 0 aliphatic heterocycles. The molecule has 8 nitrogen and oxygen atoms in total. The smallest absolute Gasteiger partial charge is 0.321 e. The van der Waals surface area contributed by atoms with Crippen molar-refractivity contribution < 1.29 is 14.5 Å². The van der Waals surface area contributed by atoms with Crippen LogP contribution in [0.15, 0.2) is 48.5 Å². The number of anilines is 2. The van der Waals surface area contributed by atoms with Crippen LogP contribution in [0.25, 0.3) is 0 Å². The molecule has 2 N–H and O–H groups in total. The fourth-order valence-electron chi connectivity index (χ4n) is 2.05. The van der Waals surface area contributed by atoms with Crippen molar-refractivity contribution in [3.05, 3.63) is 64.2 Å². The van der Waals surface area contributed by atoms with Crippen LogP contribution in [0.4, 0.5) is 21.9 Å². The third-order valence-corrected chi connectivity index (χ3v) is 3.31. The highest BCUT2D eigenvalue weighted by Crippen LogP contribution is 2.16. The van der Waals surface area contributed by atoms with E-state index in [0.717, 1.165) is 5.56 Å². The fourth-order valence-corrected chi connectivity index (χ4v) is 2.05. The lowest BCUT2D eigenvalue weighted by Gasteiger charge is -2.12. The summed E-state index contributed by atoms with van der Waals surface area (Å²) in [6.45, 7) is 0. The highest BCUT2D eigenvalue weighted by molar-refractivity contribution is 5.93. The number of nitrogens with one attached hydrogen (secondary N) is 2. The van der Waals surface area contributed by atoms with Crippen LogP contribution in [0, 0.1) is 10.1 Å². The fraction of sp³-hybridized carbons (Fsp3) is 0.176. The van der Waals surface area contributed by atoms with Gasteiger partial charge in [-0.25, -0.2) is 4.79 Å². The van der Waals surface area contributed by atoms with E-state index in [4.69, 9.17) is 0 Å². The molecular formula is C17H18N4O4. The second-order valence-electron chi connectivity index (χ2n) is 5.55. The first kappa shape index (κ1) is 17.9. The molecule has 0 radical (unpaired) electrons. The van der Waals surface area contributed by atoms with Crippen molar-refractivity contribution in [2.75, 3.05) is 24.7 Å². The number of non-ortho nitro benzene ring substituents is 1. The van der Waals surface area contributed by atoms with E-state index in [0.29, 0.717) is 11.4 Å². The van der Waals surface area contributed by atoms with Crippen molar-refractivity contribution in [1.29, 1.82) is 0 Å². The predicted octanol–water partition coefficient (Wildman–Crippen LogP) is 2.87. The lowest BCUT2D eigenvalue weighted by molar-refractivity contribution is -0.384. The minimum atomic E-state index is -0.501. The average Bonchev–Trinajstić information content (AvgIpc) is 2.55. The highest BCUT2D eigenvalue weighted by atomic mass is 16.6. The molecule has 2 aromatic carbocycles. The minimum Gasteiger partial charge on any atom is -0.331 e. The molecule has 25 heavy (non-hydrogen) atoms. The summed E-state index contributed by atoms with van der Waals surface area (Å²) in [4.78, 5) is 35.3. The highest BCUT2D eigenvalue weighted by Gasteiger charge is 2.09. The summed E-state index contributed by atoms with van der Waals surface area (Å²) in [6.07, 6.45) is 0.114. The van der Waals surface area contributed by atoms with Gasteiger partial charge < -0.3 is 15.5 Å². The van der Waals surface area contributed by atoms with Crippen LogP contribution in [-0.4, -0.2) is 35.9 Å². The number of amides is 3. The van der Waals surface area contributed by atoms with E-state index in [1.54, 1.807) is 38.4 Å². The molecule has 3 amide bonds. The van der Waals surface area contributed by atoms with E-state index >= 15 is 0 Å². The summed E-state index contributed by atoms with van der Waals surface area (Å²) in [7, 11) is 3.27. The largest absolute Gasteiger partial charge is 0.331 e. The SMILES string of the molecule is CN(C)C(=O)Nc1cccc(CC(=O)Nc2ccc([N+](=O)[O-])cc2)c1. The van der Waals surface area contributed by atoms with E-state index in [9.17, 15) is 19.7 Å². The second kappa shape index (κ2) is 7.91. The number of carbonyl (C=O) groups excluding carboxylic acids is 2. The zero-order valence-corrected chi connectivity index (χ0v) is 13.9. The van der Waals surface area contributed by atoms with Crippen LogP contribution in [0.1, 0.15) is 5.56 Å². The van der Waals surface area contributed by atoms with E-state index in [1.807, 2.05) is 0 Å². The van der Waals surface area contributed by atoms with Gasteiger partial charge in [0.15, 0.2) is 0 Å². The molecule has 2 rings (SSSR count). The molecule has 0 aliphatic carbocycles. The van der Waals surface area contributed by atoms with Gasteiger partial charge in [-0.15, -0.1) is 0 Å². The number of carbonyl (C=O) groups is 2. The predicted molar refractivity (Wildman–Crippen MR) is 94.6 cm³/mol. The van der Waals surface area contributed by atoms with Crippen LogP contribution in [0.5, 0.6) is 0 Å². The van der Waals surface area contributed by atoms with Crippen LogP contribution in [-0.2, 0) is 11.2 Å². The molecule has 0 heterocycles. The first-order valence-electron chi connectivity index (χ1n) is 7.46. The second-order valence-corrected chi connectivity index (χ2v) is 5.55. The number of urea groups is 1. The summed E-state index contributed by atoms with van der Waals surface area (Å²) in [5, 5.41) is 16.0. The first-order valence-corrected chi connectivity index (χ1v) is 7.46. The number of hydrogen-bond donors (Lipinski definition) is 2. The Hall–Kier alpha value is -3.42. The normalized spacial score (nSPS) is 10.0. The molecule has 0 saturated heterocycles. The summed E-state index contributed by atoms with van der Waals surface area (Å²) in [5.74, 6) is -0.259. The molecule has 130 valence electrons. The molecule has 0 bridgehead atoms. The Morgan fingerprint density at radius 2 is 1.72 bits per heavy atom.